The Morgan fingerprint density at radius 1 is 0.943 bits per heavy atom. The molecule has 0 radical (unpaired) electrons. The van der Waals surface area contributed by atoms with Crippen molar-refractivity contribution in [2.45, 2.75) is 43.0 Å². The smallest absolute Gasteiger partial charge is 0.255 e. The number of benzene rings is 3. The van der Waals surface area contributed by atoms with Crippen molar-refractivity contribution in [3.63, 3.8) is 0 Å². The van der Waals surface area contributed by atoms with Crippen molar-refractivity contribution in [1.82, 2.24) is 14.3 Å². The second-order valence-corrected chi connectivity index (χ2v) is 10.9. The molecular formula is C27H28N4O3S. The number of nitrogens with one attached hydrogen (secondary N) is 2. The highest BCUT2D eigenvalue weighted by molar-refractivity contribution is 7.89. The number of sulfonamides is 1. The molecule has 2 N–H and O–H groups in total. The number of imidazole rings is 1. The van der Waals surface area contributed by atoms with Crippen molar-refractivity contribution >= 4 is 32.7 Å². The standard InChI is InChI=1S/C27H28N4O3S/c1-31(20-9-3-2-4-10-20)35(33,34)21-17-15-19(16-18-21)27(32)30-23-12-6-5-11-22(23)26-28-24-13-7-8-14-25(24)29-26/h5-8,11-18,20H,2-4,9-10H2,1H3,(H,28,29)(H,30,32). The number of fused-ring (bicyclic) bond motifs is 1. The van der Waals surface area contributed by atoms with Crippen LogP contribution in [-0.4, -0.2) is 41.7 Å². The average Bonchev–Trinajstić information content (AvgIpc) is 3.33. The number of carbonyl (C=O) groups excluding carboxylic acids is 1. The molecule has 0 saturated heterocycles. The number of para-hydroxylation sites is 3. The normalized spacial score (nSPS) is 14.9. The molecule has 1 aliphatic carbocycles. The van der Waals surface area contributed by atoms with Crippen molar-refractivity contribution in [2.75, 3.05) is 12.4 Å². The molecule has 5 rings (SSSR count). The molecule has 1 heterocycles. The van der Waals surface area contributed by atoms with Crippen LogP contribution in [0.25, 0.3) is 22.4 Å². The van der Waals surface area contributed by atoms with E-state index in [1.165, 1.54) is 16.4 Å². The van der Waals surface area contributed by atoms with Gasteiger partial charge in [0.2, 0.25) is 10.0 Å². The van der Waals surface area contributed by atoms with Crippen LogP contribution in [0.2, 0.25) is 0 Å². The van der Waals surface area contributed by atoms with Gasteiger partial charge in [-0.15, -0.1) is 0 Å². The fourth-order valence-corrected chi connectivity index (χ4v) is 6.07. The first-order valence-corrected chi connectivity index (χ1v) is 13.3. The minimum atomic E-state index is -3.61. The first-order valence-electron chi connectivity index (χ1n) is 11.9. The van der Waals surface area contributed by atoms with Crippen molar-refractivity contribution in [3.8, 4) is 11.4 Å². The molecule has 1 aromatic heterocycles. The van der Waals surface area contributed by atoms with Gasteiger partial charge in [-0.2, -0.15) is 4.31 Å². The minimum absolute atomic E-state index is 0.0338. The van der Waals surface area contributed by atoms with E-state index in [0.717, 1.165) is 48.7 Å². The Kier molecular flexibility index (Phi) is 6.40. The van der Waals surface area contributed by atoms with E-state index in [1.807, 2.05) is 48.5 Å². The van der Waals surface area contributed by atoms with E-state index >= 15 is 0 Å². The Hall–Kier alpha value is -3.49. The molecule has 0 spiro atoms. The second kappa shape index (κ2) is 9.64. The third-order valence-electron chi connectivity index (χ3n) is 6.70. The third-order valence-corrected chi connectivity index (χ3v) is 8.63. The Morgan fingerprint density at radius 3 is 2.37 bits per heavy atom. The summed E-state index contributed by atoms with van der Waals surface area (Å²) in [5.74, 6) is 0.340. The van der Waals surface area contributed by atoms with Gasteiger partial charge < -0.3 is 10.3 Å². The number of nitrogens with zero attached hydrogens (tertiary/aromatic N) is 2. The van der Waals surface area contributed by atoms with Gasteiger partial charge in [0.25, 0.3) is 5.91 Å². The lowest BCUT2D eigenvalue weighted by molar-refractivity contribution is 0.102. The lowest BCUT2D eigenvalue weighted by Gasteiger charge is -2.30. The summed E-state index contributed by atoms with van der Waals surface area (Å²) in [6.07, 6.45) is 5.05. The van der Waals surface area contributed by atoms with Crippen molar-refractivity contribution in [1.29, 1.82) is 0 Å². The number of carbonyl (C=O) groups is 1. The lowest BCUT2D eigenvalue weighted by atomic mass is 9.96. The highest BCUT2D eigenvalue weighted by Gasteiger charge is 2.29. The van der Waals surface area contributed by atoms with Gasteiger partial charge in [0.05, 0.1) is 21.6 Å². The van der Waals surface area contributed by atoms with Crippen molar-refractivity contribution in [3.05, 3.63) is 78.4 Å². The predicted molar refractivity (Wildman–Crippen MR) is 138 cm³/mol. The third kappa shape index (κ3) is 4.72. The predicted octanol–water partition coefficient (Wildman–Crippen LogP) is 5.44. The van der Waals surface area contributed by atoms with Gasteiger partial charge in [-0.1, -0.05) is 43.5 Å². The molecule has 0 atom stereocenters. The van der Waals surface area contributed by atoms with Crippen LogP contribution < -0.4 is 5.32 Å². The quantitative estimate of drug-likeness (QED) is 0.378. The largest absolute Gasteiger partial charge is 0.338 e. The summed E-state index contributed by atoms with van der Waals surface area (Å²) in [6.45, 7) is 0. The van der Waals surface area contributed by atoms with Crippen LogP contribution in [0, 0.1) is 0 Å². The first-order chi connectivity index (χ1) is 16.9. The number of anilines is 1. The van der Waals surface area contributed by atoms with Crippen LogP contribution in [0.5, 0.6) is 0 Å². The summed E-state index contributed by atoms with van der Waals surface area (Å²) in [5.41, 5.74) is 3.52. The van der Waals surface area contributed by atoms with Crippen LogP contribution in [0.15, 0.2) is 77.7 Å². The molecule has 8 heteroatoms. The van der Waals surface area contributed by atoms with E-state index in [2.05, 4.69) is 15.3 Å². The van der Waals surface area contributed by atoms with E-state index in [0.29, 0.717) is 17.1 Å². The Morgan fingerprint density at radius 2 is 1.63 bits per heavy atom. The highest BCUT2D eigenvalue weighted by atomic mass is 32.2. The van der Waals surface area contributed by atoms with Crippen LogP contribution in [0.3, 0.4) is 0 Å². The first kappa shape index (κ1) is 23.3. The Balaban J connectivity index is 1.35. The molecule has 1 saturated carbocycles. The van der Waals surface area contributed by atoms with Crippen LogP contribution in [0.4, 0.5) is 5.69 Å². The number of aromatic nitrogens is 2. The number of amides is 1. The van der Waals surface area contributed by atoms with E-state index in [4.69, 9.17) is 0 Å². The molecular weight excluding hydrogens is 460 g/mol. The zero-order chi connectivity index (χ0) is 24.4. The van der Waals surface area contributed by atoms with E-state index < -0.39 is 10.0 Å². The maximum Gasteiger partial charge on any atom is 0.255 e. The molecule has 180 valence electrons. The number of aromatic amines is 1. The van der Waals surface area contributed by atoms with Gasteiger partial charge in [-0.25, -0.2) is 13.4 Å². The van der Waals surface area contributed by atoms with Gasteiger partial charge in [0.1, 0.15) is 5.82 Å². The summed E-state index contributed by atoms with van der Waals surface area (Å²) in [5, 5.41) is 2.94. The molecule has 1 aliphatic rings. The second-order valence-electron chi connectivity index (χ2n) is 8.94. The van der Waals surface area contributed by atoms with Crippen LogP contribution >= 0.6 is 0 Å². The summed E-state index contributed by atoms with van der Waals surface area (Å²) in [6, 6.07) is 21.4. The maximum absolute atomic E-state index is 13.1. The zero-order valence-corrected chi connectivity index (χ0v) is 20.4. The average molecular weight is 489 g/mol. The van der Waals surface area contributed by atoms with E-state index in [1.54, 1.807) is 19.2 Å². The summed E-state index contributed by atoms with van der Waals surface area (Å²) in [4.78, 5) is 21.1. The molecule has 1 fully saturated rings. The monoisotopic (exact) mass is 488 g/mol. The molecule has 3 aromatic carbocycles. The molecule has 7 nitrogen and oxygen atoms in total. The molecule has 35 heavy (non-hydrogen) atoms. The minimum Gasteiger partial charge on any atom is -0.338 e. The number of hydrogen-bond acceptors (Lipinski definition) is 4. The lowest BCUT2D eigenvalue weighted by Crippen LogP contribution is -2.38. The van der Waals surface area contributed by atoms with Gasteiger partial charge in [-0.3, -0.25) is 4.79 Å². The van der Waals surface area contributed by atoms with Gasteiger partial charge in [0.15, 0.2) is 0 Å². The van der Waals surface area contributed by atoms with Crippen molar-refractivity contribution < 1.29 is 13.2 Å². The van der Waals surface area contributed by atoms with Gasteiger partial charge >= 0.3 is 0 Å². The molecule has 0 bridgehead atoms. The highest BCUT2D eigenvalue weighted by Crippen LogP contribution is 2.29. The summed E-state index contributed by atoms with van der Waals surface area (Å²) < 4.78 is 27.7. The topological polar surface area (TPSA) is 95.2 Å². The molecule has 0 unspecified atom stereocenters. The molecule has 4 aromatic rings. The van der Waals surface area contributed by atoms with Crippen LogP contribution in [-0.2, 0) is 10.0 Å². The Labute approximate surface area is 205 Å². The van der Waals surface area contributed by atoms with Gasteiger partial charge in [-0.05, 0) is 61.4 Å². The van der Waals surface area contributed by atoms with E-state index in [9.17, 15) is 13.2 Å². The molecule has 0 aliphatic heterocycles. The SMILES string of the molecule is CN(C1CCCCC1)S(=O)(=O)c1ccc(C(=O)Nc2ccccc2-c2nc3ccccc3[nH]2)cc1. The number of H-pyrrole nitrogens is 1. The summed E-state index contributed by atoms with van der Waals surface area (Å²) >= 11 is 0. The van der Waals surface area contributed by atoms with Gasteiger partial charge in [0, 0.05) is 24.2 Å². The van der Waals surface area contributed by atoms with E-state index in [-0.39, 0.29) is 16.8 Å². The number of hydrogen-bond donors (Lipinski definition) is 2. The summed E-state index contributed by atoms with van der Waals surface area (Å²) in [7, 11) is -1.95. The molecule has 1 amide bonds. The number of rotatable bonds is 6. The maximum atomic E-state index is 13.1. The fourth-order valence-electron chi connectivity index (χ4n) is 4.66. The zero-order valence-electron chi connectivity index (χ0n) is 19.6. The Bertz CT molecular complexity index is 1420. The van der Waals surface area contributed by atoms with Crippen LogP contribution in [0.1, 0.15) is 42.5 Å². The van der Waals surface area contributed by atoms with Crippen molar-refractivity contribution in [2.24, 2.45) is 0 Å². The fraction of sp³-hybridized carbons (Fsp3) is 0.259.